The summed E-state index contributed by atoms with van der Waals surface area (Å²) in [5.41, 5.74) is 39.0. The van der Waals surface area contributed by atoms with Crippen molar-refractivity contribution in [3.63, 3.8) is 0 Å². The van der Waals surface area contributed by atoms with Crippen LogP contribution in [0.1, 0.15) is 128 Å². The van der Waals surface area contributed by atoms with Gasteiger partial charge in [0.15, 0.2) is 0 Å². The molecule has 454 valence electrons. The Morgan fingerprint density at radius 1 is 0.277 bits per heavy atom. The molecule has 0 spiro atoms. The van der Waals surface area contributed by atoms with E-state index >= 15 is 0 Å². The highest BCUT2D eigenvalue weighted by molar-refractivity contribution is 6.93. The Hall–Kier alpha value is -10.0. The van der Waals surface area contributed by atoms with Gasteiger partial charge in [-0.3, -0.25) is 0 Å². The number of hydrogen-bond acceptors (Lipinski definition) is 4. The maximum atomic E-state index is 2.82. The van der Waals surface area contributed by atoms with Crippen LogP contribution in [0.2, 0.25) is 0 Å². The van der Waals surface area contributed by atoms with Crippen LogP contribution < -0.4 is 41.3 Å². The highest BCUT2D eigenvalue weighted by Crippen LogP contribution is 2.60. The predicted molar refractivity (Wildman–Crippen MR) is 399 cm³/mol. The van der Waals surface area contributed by atoms with E-state index in [1.54, 1.807) is 0 Å². The van der Waals surface area contributed by atoms with E-state index in [4.69, 9.17) is 0 Å². The molecule has 0 amide bonds. The number of para-hydroxylation sites is 7. The zero-order chi connectivity index (χ0) is 64.1. The Morgan fingerprint density at radius 3 is 1.18 bits per heavy atom. The normalized spacial score (nSPS) is 16.3. The minimum absolute atomic E-state index is 0.101. The van der Waals surface area contributed by atoms with Gasteiger partial charge in [0, 0.05) is 78.3 Å². The third-order valence-electron chi connectivity index (χ3n) is 22.9. The molecule has 6 aliphatic heterocycles. The second-order valence-electron chi connectivity index (χ2n) is 29.8. The van der Waals surface area contributed by atoms with Crippen molar-refractivity contribution in [3.8, 4) is 22.3 Å². The molecule has 94 heavy (non-hydrogen) atoms. The van der Waals surface area contributed by atoms with Crippen molar-refractivity contribution < 1.29 is 0 Å². The van der Waals surface area contributed by atoms with Crippen LogP contribution in [-0.4, -0.2) is 13.7 Å². The van der Waals surface area contributed by atoms with E-state index in [-0.39, 0.29) is 29.9 Å². The van der Waals surface area contributed by atoms with E-state index in [0.29, 0.717) is 0 Å². The van der Waals surface area contributed by atoms with E-state index in [1.165, 1.54) is 173 Å². The van der Waals surface area contributed by atoms with Crippen LogP contribution in [0.5, 0.6) is 0 Å². The summed E-state index contributed by atoms with van der Waals surface area (Å²) in [5, 5.41) is 0. The molecule has 0 aliphatic carbocycles. The fourth-order valence-electron chi connectivity index (χ4n) is 18.5. The third kappa shape index (κ3) is 7.71. The molecular formula is C88H76B2N4. The largest absolute Gasteiger partial charge is 0.376 e. The summed E-state index contributed by atoms with van der Waals surface area (Å²) in [6.07, 6.45) is 0.758. The summed E-state index contributed by atoms with van der Waals surface area (Å²) >= 11 is 0. The average molecular weight is 1210 g/mol. The van der Waals surface area contributed by atoms with Gasteiger partial charge in [-0.1, -0.05) is 279 Å². The molecule has 0 atom stereocenters. The van der Waals surface area contributed by atoms with Gasteiger partial charge in [-0.15, -0.1) is 0 Å². The van der Waals surface area contributed by atoms with Gasteiger partial charge in [-0.25, -0.2) is 0 Å². The lowest BCUT2D eigenvalue weighted by atomic mass is 9.44. The molecule has 12 aromatic carbocycles. The average Bonchev–Trinajstić information content (AvgIpc) is 0.693. The fraction of sp³-hybridized carbons (Fsp3) is 0.182. The standard InChI is InChI=1S/C88H76B2N4/c1-54-47-55(2)79-68(48-54)88(10,11)69-52-57(49-56(3)80(69)93(79)89-71-39-20-24-45-77(71)91-75-43-22-18-34-63(75)85(4,5)66-37-27-41-73(89)83(66)91)50-58-51-62(60-31-16-13-17-32-60)82-70(53-58)87(8,9)65-36-26-33-61(59-29-14-12-15-30-59)81(65)94(82)90-72-40-21-25-46-78(72)92-76-44-23-19-35-64(76)86(6,7)67-38-28-42-74(90)84(67)92/h12-49,51-53H,50H2,1-11H3. The lowest BCUT2D eigenvalue weighted by molar-refractivity contribution is 0.629. The first-order chi connectivity index (χ1) is 45.4. The van der Waals surface area contributed by atoms with Gasteiger partial charge in [0.2, 0.25) is 0 Å². The molecular weight excluding hydrogens is 1130 g/mol. The zero-order valence-electron chi connectivity index (χ0n) is 55.8. The second kappa shape index (κ2) is 20.0. The molecule has 6 heteroatoms. The van der Waals surface area contributed by atoms with E-state index in [2.05, 4.69) is 344 Å². The maximum absolute atomic E-state index is 2.82. The Kier molecular flexibility index (Phi) is 12.1. The minimum atomic E-state index is -0.420. The van der Waals surface area contributed by atoms with Gasteiger partial charge in [-0.05, 0) is 157 Å². The van der Waals surface area contributed by atoms with Crippen molar-refractivity contribution in [1.82, 2.24) is 0 Å². The monoisotopic (exact) mass is 1210 g/mol. The molecule has 18 rings (SSSR count). The van der Waals surface area contributed by atoms with E-state index in [9.17, 15) is 0 Å². The zero-order valence-corrected chi connectivity index (χ0v) is 55.8. The SMILES string of the molecule is Cc1cc(C)c2c(c1)C(C)(C)c1cc(Cc3cc(-c4ccccc4)c4c(c3)C(C)(C)c3cccc(-c5ccccc5)c3N4B3c4ccccc4N4c5ccccc5C(C)(C)c5cccc3c54)cc(C)c1N2B1c2ccccc2N2c3ccccc3C(C)(C)c3cccc1c32. The van der Waals surface area contributed by atoms with Crippen molar-refractivity contribution in [2.45, 2.75) is 104 Å². The first-order valence-electron chi connectivity index (χ1n) is 33.9. The quantitative estimate of drug-likeness (QED) is 0.154. The number of benzene rings is 12. The van der Waals surface area contributed by atoms with Crippen molar-refractivity contribution >= 4 is 92.4 Å². The van der Waals surface area contributed by atoms with Crippen molar-refractivity contribution in [2.75, 3.05) is 19.4 Å². The van der Waals surface area contributed by atoms with Gasteiger partial charge in [0.1, 0.15) is 0 Å². The molecule has 0 saturated carbocycles. The molecule has 6 heterocycles. The molecule has 0 radical (unpaired) electrons. The van der Waals surface area contributed by atoms with Crippen molar-refractivity contribution in [1.29, 1.82) is 0 Å². The highest BCUT2D eigenvalue weighted by atomic mass is 15.2. The van der Waals surface area contributed by atoms with E-state index in [1.807, 2.05) is 0 Å². The second-order valence-corrected chi connectivity index (χ2v) is 29.8. The molecule has 0 fully saturated rings. The Bertz CT molecular complexity index is 5210. The molecule has 4 nitrogen and oxygen atoms in total. The summed E-state index contributed by atoms with van der Waals surface area (Å²) < 4.78 is 0. The number of nitrogens with zero attached hydrogens (tertiary/aromatic N) is 4. The van der Waals surface area contributed by atoms with Crippen LogP contribution in [0.25, 0.3) is 22.3 Å². The van der Waals surface area contributed by atoms with Gasteiger partial charge >= 0.3 is 13.7 Å². The van der Waals surface area contributed by atoms with E-state index < -0.39 is 5.41 Å². The third-order valence-corrected chi connectivity index (χ3v) is 22.9. The Labute approximate surface area is 556 Å². The summed E-state index contributed by atoms with van der Waals surface area (Å²) in [7, 11) is 0. The lowest BCUT2D eigenvalue weighted by Gasteiger charge is -2.51. The van der Waals surface area contributed by atoms with Crippen LogP contribution >= 0.6 is 0 Å². The molecule has 0 N–H and O–H groups in total. The van der Waals surface area contributed by atoms with E-state index in [0.717, 1.165) is 6.42 Å². The van der Waals surface area contributed by atoms with Gasteiger partial charge in [-0.2, -0.15) is 0 Å². The molecule has 0 bridgehead atoms. The smallest absolute Gasteiger partial charge is 0.332 e. The summed E-state index contributed by atoms with van der Waals surface area (Å²) in [4.78, 5) is 10.8. The number of fused-ring (bicyclic) bond motifs is 12. The van der Waals surface area contributed by atoms with Crippen LogP contribution in [-0.2, 0) is 28.1 Å². The molecule has 6 aliphatic rings. The number of hydrogen-bond donors (Lipinski definition) is 0. The van der Waals surface area contributed by atoms with Gasteiger partial charge in [0.05, 0.1) is 11.4 Å². The highest BCUT2D eigenvalue weighted by Gasteiger charge is 2.53. The van der Waals surface area contributed by atoms with Crippen molar-refractivity contribution in [3.05, 3.63) is 321 Å². The van der Waals surface area contributed by atoms with Crippen LogP contribution in [0.15, 0.2) is 249 Å². The molecule has 0 aromatic heterocycles. The number of rotatable bonds is 6. The van der Waals surface area contributed by atoms with Gasteiger partial charge < -0.3 is 19.4 Å². The first kappa shape index (κ1) is 56.7. The molecule has 0 saturated heterocycles. The van der Waals surface area contributed by atoms with Crippen molar-refractivity contribution in [2.24, 2.45) is 0 Å². The Balaban J connectivity index is 0.855. The molecule has 0 unspecified atom stereocenters. The predicted octanol–water partition coefficient (Wildman–Crippen LogP) is 19.5. The lowest BCUT2D eigenvalue weighted by Crippen LogP contribution is -2.62. The summed E-state index contributed by atoms with van der Waals surface area (Å²) in [6, 6.07) is 95.9. The molecule has 12 aromatic rings. The number of aryl methyl sites for hydroxylation is 3. The van der Waals surface area contributed by atoms with Crippen LogP contribution in [0, 0.1) is 20.8 Å². The van der Waals surface area contributed by atoms with Crippen LogP contribution in [0.3, 0.4) is 0 Å². The Morgan fingerprint density at radius 2 is 0.638 bits per heavy atom. The van der Waals surface area contributed by atoms with Crippen LogP contribution in [0.4, 0.5) is 56.9 Å². The summed E-state index contributed by atoms with van der Waals surface area (Å²) in [6.45, 7) is 26.4. The first-order valence-corrected chi connectivity index (χ1v) is 33.9. The summed E-state index contributed by atoms with van der Waals surface area (Å²) in [5.74, 6) is 0. The fourth-order valence-corrected chi connectivity index (χ4v) is 18.5. The van der Waals surface area contributed by atoms with Gasteiger partial charge in [0.25, 0.3) is 0 Å². The maximum Gasteiger partial charge on any atom is 0.332 e. The topological polar surface area (TPSA) is 13.0 Å². The number of anilines is 10. The minimum Gasteiger partial charge on any atom is -0.376 e.